The van der Waals surface area contributed by atoms with Crippen LogP contribution in [0.5, 0.6) is 0 Å². The van der Waals surface area contributed by atoms with Crippen molar-refractivity contribution in [3.63, 3.8) is 0 Å². The lowest BCUT2D eigenvalue weighted by molar-refractivity contribution is 0.370. The molecule has 70 valence electrons. The minimum absolute atomic E-state index is 0.191. The van der Waals surface area contributed by atoms with Crippen LogP contribution in [0, 0.1) is 12.7 Å². The van der Waals surface area contributed by atoms with Gasteiger partial charge in [-0.3, -0.25) is 0 Å². The standard InChI is InChI=1S/C10H11ClFN/c1-6-4-7(10-2-3-13-10)9(12)5-8(6)11/h4-5,10,13H,2-3H2,1H3. The summed E-state index contributed by atoms with van der Waals surface area (Å²) in [5.41, 5.74) is 1.68. The predicted octanol–water partition coefficient (Wildman–Crippen LogP) is 2.82. The Bertz CT molecular complexity index is 334. The number of aryl methyl sites for hydroxylation is 1. The van der Waals surface area contributed by atoms with E-state index in [2.05, 4.69) is 5.32 Å². The van der Waals surface area contributed by atoms with Crippen LogP contribution < -0.4 is 5.32 Å². The SMILES string of the molecule is Cc1cc(C2CCN2)c(F)cc1Cl. The Balaban J connectivity index is 2.39. The lowest BCUT2D eigenvalue weighted by Gasteiger charge is -2.28. The highest BCUT2D eigenvalue weighted by atomic mass is 35.5. The van der Waals surface area contributed by atoms with Crippen LogP contribution >= 0.6 is 11.6 Å². The van der Waals surface area contributed by atoms with Gasteiger partial charge >= 0.3 is 0 Å². The van der Waals surface area contributed by atoms with Gasteiger partial charge < -0.3 is 5.32 Å². The molecule has 1 atom stereocenters. The van der Waals surface area contributed by atoms with Gasteiger partial charge in [0, 0.05) is 16.6 Å². The molecule has 1 heterocycles. The van der Waals surface area contributed by atoms with E-state index in [0.29, 0.717) is 5.02 Å². The van der Waals surface area contributed by atoms with E-state index in [1.165, 1.54) is 6.07 Å². The molecule has 0 radical (unpaired) electrons. The highest BCUT2D eigenvalue weighted by molar-refractivity contribution is 6.31. The van der Waals surface area contributed by atoms with Gasteiger partial charge in [0.15, 0.2) is 0 Å². The van der Waals surface area contributed by atoms with Crippen molar-refractivity contribution in [2.45, 2.75) is 19.4 Å². The van der Waals surface area contributed by atoms with Crippen molar-refractivity contribution in [3.8, 4) is 0 Å². The highest BCUT2D eigenvalue weighted by Gasteiger charge is 2.22. The zero-order chi connectivity index (χ0) is 9.42. The lowest BCUT2D eigenvalue weighted by Crippen LogP contribution is -2.35. The van der Waals surface area contributed by atoms with Crippen LogP contribution in [0.4, 0.5) is 4.39 Å². The van der Waals surface area contributed by atoms with E-state index in [0.717, 1.165) is 24.1 Å². The molecule has 0 aliphatic carbocycles. The van der Waals surface area contributed by atoms with Crippen molar-refractivity contribution in [1.82, 2.24) is 5.32 Å². The molecule has 0 saturated carbocycles. The Kier molecular flexibility index (Phi) is 2.26. The Morgan fingerprint density at radius 3 is 2.77 bits per heavy atom. The first-order chi connectivity index (χ1) is 6.18. The van der Waals surface area contributed by atoms with Gasteiger partial charge in [0.25, 0.3) is 0 Å². The minimum atomic E-state index is -0.201. The third kappa shape index (κ3) is 1.56. The van der Waals surface area contributed by atoms with Crippen molar-refractivity contribution in [1.29, 1.82) is 0 Å². The molecule has 1 unspecified atom stereocenters. The maximum atomic E-state index is 13.4. The smallest absolute Gasteiger partial charge is 0.129 e. The summed E-state index contributed by atoms with van der Waals surface area (Å²) in [6.45, 7) is 2.87. The lowest BCUT2D eigenvalue weighted by atomic mass is 9.96. The third-order valence-corrected chi connectivity index (χ3v) is 2.88. The van der Waals surface area contributed by atoms with Gasteiger partial charge in [-0.15, -0.1) is 0 Å². The topological polar surface area (TPSA) is 12.0 Å². The molecule has 1 fully saturated rings. The molecule has 0 bridgehead atoms. The summed E-state index contributed by atoms with van der Waals surface area (Å²) in [6.07, 6.45) is 1.01. The van der Waals surface area contributed by atoms with Gasteiger partial charge in [0.1, 0.15) is 5.82 Å². The zero-order valence-corrected chi connectivity index (χ0v) is 8.16. The molecule has 0 spiro atoms. The maximum Gasteiger partial charge on any atom is 0.129 e. The molecule has 13 heavy (non-hydrogen) atoms. The normalized spacial score (nSPS) is 21.3. The molecular formula is C10H11ClFN. The monoisotopic (exact) mass is 199 g/mol. The summed E-state index contributed by atoms with van der Waals surface area (Å²) in [5.74, 6) is -0.201. The second-order valence-electron chi connectivity index (χ2n) is 3.42. The molecule has 1 N–H and O–H groups in total. The Hall–Kier alpha value is -0.600. The van der Waals surface area contributed by atoms with Crippen LogP contribution in [0.2, 0.25) is 5.02 Å². The van der Waals surface area contributed by atoms with E-state index in [-0.39, 0.29) is 11.9 Å². The van der Waals surface area contributed by atoms with Gasteiger partial charge in [-0.05, 0) is 31.5 Å². The first kappa shape index (κ1) is 8.97. The van der Waals surface area contributed by atoms with Crippen LogP contribution in [0.3, 0.4) is 0 Å². The summed E-state index contributed by atoms with van der Waals surface area (Å²) in [4.78, 5) is 0. The van der Waals surface area contributed by atoms with Crippen LogP contribution in [0.25, 0.3) is 0 Å². The zero-order valence-electron chi connectivity index (χ0n) is 7.40. The molecule has 0 amide bonds. The molecule has 1 saturated heterocycles. The number of halogens is 2. The van der Waals surface area contributed by atoms with E-state index < -0.39 is 0 Å². The van der Waals surface area contributed by atoms with Crippen LogP contribution in [0.15, 0.2) is 12.1 Å². The number of hydrogen-bond donors (Lipinski definition) is 1. The molecule has 2 rings (SSSR count). The number of rotatable bonds is 1. The molecule has 0 aromatic heterocycles. The largest absolute Gasteiger partial charge is 0.310 e. The molecule has 1 aromatic rings. The quantitative estimate of drug-likeness (QED) is 0.734. The second-order valence-corrected chi connectivity index (χ2v) is 3.83. The van der Waals surface area contributed by atoms with Crippen LogP contribution in [0.1, 0.15) is 23.6 Å². The van der Waals surface area contributed by atoms with Gasteiger partial charge in [-0.2, -0.15) is 0 Å². The number of benzene rings is 1. The minimum Gasteiger partial charge on any atom is -0.310 e. The summed E-state index contributed by atoms with van der Waals surface area (Å²) >= 11 is 5.79. The first-order valence-electron chi connectivity index (χ1n) is 4.37. The summed E-state index contributed by atoms with van der Waals surface area (Å²) < 4.78 is 13.4. The van der Waals surface area contributed by atoms with Gasteiger partial charge in [-0.25, -0.2) is 4.39 Å². The Morgan fingerprint density at radius 1 is 1.54 bits per heavy atom. The Labute approximate surface area is 81.9 Å². The molecule has 1 aliphatic rings. The first-order valence-corrected chi connectivity index (χ1v) is 4.75. The number of hydrogen-bond acceptors (Lipinski definition) is 1. The van der Waals surface area contributed by atoms with Gasteiger partial charge in [0.05, 0.1) is 0 Å². The summed E-state index contributed by atoms with van der Waals surface area (Å²) in [7, 11) is 0. The van der Waals surface area contributed by atoms with Crippen molar-refractivity contribution in [3.05, 3.63) is 34.1 Å². The van der Waals surface area contributed by atoms with E-state index in [9.17, 15) is 4.39 Å². The van der Waals surface area contributed by atoms with Crippen molar-refractivity contribution >= 4 is 11.6 Å². The van der Waals surface area contributed by atoms with Crippen LogP contribution in [-0.4, -0.2) is 6.54 Å². The molecule has 1 aromatic carbocycles. The molecular weight excluding hydrogens is 189 g/mol. The Morgan fingerprint density at radius 2 is 2.23 bits per heavy atom. The van der Waals surface area contributed by atoms with E-state index >= 15 is 0 Å². The van der Waals surface area contributed by atoms with Crippen molar-refractivity contribution in [2.24, 2.45) is 0 Å². The molecule has 1 nitrogen and oxygen atoms in total. The fraction of sp³-hybridized carbons (Fsp3) is 0.400. The fourth-order valence-electron chi connectivity index (χ4n) is 1.50. The molecule has 3 heteroatoms. The van der Waals surface area contributed by atoms with Gasteiger partial charge in [-0.1, -0.05) is 17.7 Å². The van der Waals surface area contributed by atoms with E-state index in [1.807, 2.05) is 13.0 Å². The third-order valence-electron chi connectivity index (χ3n) is 2.48. The molecule has 1 aliphatic heterocycles. The van der Waals surface area contributed by atoms with Crippen molar-refractivity contribution < 1.29 is 4.39 Å². The van der Waals surface area contributed by atoms with E-state index in [4.69, 9.17) is 11.6 Å². The van der Waals surface area contributed by atoms with Crippen LogP contribution in [-0.2, 0) is 0 Å². The summed E-state index contributed by atoms with van der Waals surface area (Å²) in [6, 6.07) is 3.41. The number of nitrogens with one attached hydrogen (secondary N) is 1. The average Bonchev–Trinajstić information content (AvgIpc) is 1.96. The fourth-order valence-corrected chi connectivity index (χ4v) is 1.65. The van der Waals surface area contributed by atoms with Gasteiger partial charge in [0.2, 0.25) is 0 Å². The summed E-state index contributed by atoms with van der Waals surface area (Å²) in [5, 5.41) is 3.67. The average molecular weight is 200 g/mol. The van der Waals surface area contributed by atoms with Crippen molar-refractivity contribution in [2.75, 3.05) is 6.54 Å². The second kappa shape index (κ2) is 3.28. The maximum absolute atomic E-state index is 13.4. The predicted molar refractivity (Wildman–Crippen MR) is 51.5 cm³/mol. The van der Waals surface area contributed by atoms with E-state index in [1.54, 1.807) is 0 Å². The highest BCUT2D eigenvalue weighted by Crippen LogP contribution is 2.29.